The molecule has 0 aromatic carbocycles. The smallest absolute Gasteiger partial charge is 0.410 e. The van der Waals surface area contributed by atoms with Crippen LogP contribution < -0.4 is 15.4 Å². The van der Waals surface area contributed by atoms with Crippen LogP contribution in [0.2, 0.25) is 0 Å². The normalized spacial score (nSPS) is 21.9. The molecule has 1 atom stereocenters. The van der Waals surface area contributed by atoms with E-state index in [-0.39, 0.29) is 24.5 Å². The number of Topliss-reactive ketones (excluding diaryl/α,β-unsaturated/α-hetero) is 1. The predicted octanol–water partition coefficient (Wildman–Crippen LogP) is 1.58. The molecule has 2 aliphatic heterocycles. The lowest BCUT2D eigenvalue weighted by atomic mass is 10.1. The van der Waals surface area contributed by atoms with Gasteiger partial charge in [0.1, 0.15) is 17.5 Å². The first-order valence-corrected chi connectivity index (χ1v) is 13.5. The Hall–Kier alpha value is -3.77. The van der Waals surface area contributed by atoms with Crippen LogP contribution >= 0.6 is 0 Å². The molecule has 0 unspecified atom stereocenters. The molecule has 206 valence electrons. The number of piperazine rings is 1. The van der Waals surface area contributed by atoms with E-state index >= 15 is 0 Å². The average molecular weight is 535 g/mol. The van der Waals surface area contributed by atoms with Gasteiger partial charge in [0, 0.05) is 63.6 Å². The summed E-state index contributed by atoms with van der Waals surface area (Å²) in [5.41, 5.74) is 7.31. The van der Waals surface area contributed by atoms with E-state index in [1.54, 1.807) is 21.8 Å². The molecule has 5 heterocycles. The van der Waals surface area contributed by atoms with Gasteiger partial charge in [-0.15, -0.1) is 0 Å². The molecule has 1 amide bonds. The Morgan fingerprint density at radius 3 is 2.72 bits per heavy atom. The Morgan fingerprint density at radius 1 is 1.13 bits per heavy atom. The molecule has 3 aromatic heterocycles. The van der Waals surface area contributed by atoms with Crippen molar-refractivity contribution in [2.45, 2.75) is 37.9 Å². The van der Waals surface area contributed by atoms with Crippen LogP contribution in [0.5, 0.6) is 5.88 Å². The van der Waals surface area contributed by atoms with Gasteiger partial charge in [0.25, 0.3) is 0 Å². The van der Waals surface area contributed by atoms with Crippen LogP contribution in [0.15, 0.2) is 36.8 Å². The first-order valence-electron chi connectivity index (χ1n) is 13.5. The molecular formula is C27H34N8O4. The minimum Gasteiger partial charge on any atom is -0.474 e. The number of pyridine rings is 1. The van der Waals surface area contributed by atoms with E-state index < -0.39 is 5.60 Å². The molecule has 39 heavy (non-hydrogen) atoms. The van der Waals surface area contributed by atoms with Crippen molar-refractivity contribution in [3.8, 4) is 17.0 Å². The van der Waals surface area contributed by atoms with Gasteiger partial charge in [-0.05, 0) is 38.0 Å². The predicted molar refractivity (Wildman–Crippen MR) is 144 cm³/mol. The summed E-state index contributed by atoms with van der Waals surface area (Å²) in [5.74, 6) is 1.43. The number of ether oxygens (including phenoxy) is 2. The summed E-state index contributed by atoms with van der Waals surface area (Å²) in [7, 11) is 0. The van der Waals surface area contributed by atoms with Gasteiger partial charge in [-0.1, -0.05) is 0 Å². The highest BCUT2D eigenvalue weighted by Crippen LogP contribution is 2.35. The molecule has 0 bridgehead atoms. The van der Waals surface area contributed by atoms with Crippen molar-refractivity contribution < 1.29 is 19.1 Å². The second-order valence-corrected chi connectivity index (χ2v) is 10.8. The number of amides is 1. The van der Waals surface area contributed by atoms with Crippen molar-refractivity contribution in [2.75, 3.05) is 57.3 Å². The van der Waals surface area contributed by atoms with E-state index in [1.807, 2.05) is 36.2 Å². The number of hydrogen-bond acceptors (Lipinski definition) is 10. The maximum Gasteiger partial charge on any atom is 0.410 e. The third-order valence-corrected chi connectivity index (χ3v) is 7.56. The summed E-state index contributed by atoms with van der Waals surface area (Å²) >= 11 is 0. The minimum absolute atomic E-state index is 0.0102. The van der Waals surface area contributed by atoms with Gasteiger partial charge >= 0.3 is 6.09 Å². The summed E-state index contributed by atoms with van der Waals surface area (Å²) in [6.45, 7) is 5.84. The number of anilines is 1. The molecule has 2 saturated heterocycles. The van der Waals surface area contributed by atoms with Crippen molar-refractivity contribution in [3.05, 3.63) is 36.8 Å². The zero-order valence-corrected chi connectivity index (χ0v) is 22.2. The number of likely N-dealkylation sites (tertiary alicyclic amines) is 1. The quantitative estimate of drug-likeness (QED) is 0.454. The molecule has 0 spiro atoms. The maximum atomic E-state index is 13.0. The Balaban J connectivity index is 1.10. The lowest BCUT2D eigenvalue weighted by molar-refractivity contribution is -0.118. The zero-order chi connectivity index (χ0) is 27.0. The molecule has 3 aromatic rings. The van der Waals surface area contributed by atoms with Crippen molar-refractivity contribution >= 4 is 23.3 Å². The number of rotatable bonds is 8. The second kappa shape index (κ2) is 10.4. The highest BCUT2D eigenvalue weighted by Gasteiger charge is 2.39. The van der Waals surface area contributed by atoms with Gasteiger partial charge in [-0.2, -0.15) is 5.10 Å². The number of carbonyl (C=O) groups is 2. The molecule has 6 rings (SSSR count). The van der Waals surface area contributed by atoms with Crippen molar-refractivity contribution in [2.24, 2.45) is 5.73 Å². The maximum absolute atomic E-state index is 13.0. The Labute approximate surface area is 226 Å². The van der Waals surface area contributed by atoms with E-state index in [4.69, 9.17) is 20.2 Å². The van der Waals surface area contributed by atoms with E-state index in [0.29, 0.717) is 58.1 Å². The number of fused-ring (bicyclic) bond motifs is 1. The Bertz CT molecular complexity index is 1370. The average Bonchev–Trinajstić information content (AvgIpc) is 3.55. The summed E-state index contributed by atoms with van der Waals surface area (Å²) in [5, 5.41) is 4.49. The van der Waals surface area contributed by atoms with Gasteiger partial charge in [0.15, 0.2) is 11.4 Å². The standard InChI is InChI=1S/C27H34N8O4/c1-27(7-10-32(18-27)17-19(36)15-28)39-26(37)34-13-11-33(12-14-34)23-6-9-35-24(31-23)22(16-30-35)21-3-2-8-29-25(21)38-20-4-5-20/h2-3,6,8-9,16,20H,4-5,7,10-15,17-18,28H2,1H3/t27-/m1/s1. The number of ketones is 1. The SMILES string of the molecule is C[C@@]1(OC(=O)N2CCN(c3ccn4ncc(-c5cccnc5OC5CC5)c4n3)CC2)CCN(CC(=O)CN)C1. The van der Waals surface area contributed by atoms with Gasteiger partial charge in [-0.3, -0.25) is 9.69 Å². The molecule has 0 radical (unpaired) electrons. The van der Waals surface area contributed by atoms with E-state index in [1.165, 1.54) is 0 Å². The van der Waals surface area contributed by atoms with Crippen LogP contribution in [0.25, 0.3) is 16.8 Å². The van der Waals surface area contributed by atoms with Crippen LogP contribution in [0, 0.1) is 0 Å². The van der Waals surface area contributed by atoms with E-state index in [0.717, 1.165) is 35.4 Å². The molecule has 3 fully saturated rings. The van der Waals surface area contributed by atoms with Gasteiger partial charge < -0.3 is 25.0 Å². The van der Waals surface area contributed by atoms with Crippen LogP contribution in [0.3, 0.4) is 0 Å². The largest absolute Gasteiger partial charge is 0.474 e. The third-order valence-electron chi connectivity index (χ3n) is 7.56. The highest BCUT2D eigenvalue weighted by molar-refractivity contribution is 5.82. The fraction of sp³-hybridized carbons (Fsp3) is 0.519. The van der Waals surface area contributed by atoms with Crippen LogP contribution in [0.1, 0.15) is 26.2 Å². The number of nitrogens with two attached hydrogens (primary N) is 1. The summed E-state index contributed by atoms with van der Waals surface area (Å²) in [4.78, 5) is 40.0. The van der Waals surface area contributed by atoms with E-state index in [2.05, 4.69) is 15.0 Å². The van der Waals surface area contributed by atoms with Gasteiger partial charge in [-0.25, -0.2) is 19.3 Å². The third kappa shape index (κ3) is 5.52. The Morgan fingerprint density at radius 2 is 1.95 bits per heavy atom. The van der Waals surface area contributed by atoms with Crippen LogP contribution in [-0.2, 0) is 9.53 Å². The summed E-state index contributed by atoms with van der Waals surface area (Å²) < 4.78 is 13.7. The van der Waals surface area contributed by atoms with Crippen LogP contribution in [0.4, 0.5) is 10.6 Å². The first kappa shape index (κ1) is 25.5. The van der Waals surface area contributed by atoms with Crippen LogP contribution in [-0.4, -0.2) is 105 Å². The fourth-order valence-corrected chi connectivity index (χ4v) is 5.21. The van der Waals surface area contributed by atoms with Crippen molar-refractivity contribution in [1.29, 1.82) is 0 Å². The van der Waals surface area contributed by atoms with Gasteiger partial charge in [0.05, 0.1) is 24.8 Å². The highest BCUT2D eigenvalue weighted by atomic mass is 16.6. The molecule has 1 aliphatic carbocycles. The van der Waals surface area contributed by atoms with Crippen molar-refractivity contribution in [1.82, 2.24) is 29.4 Å². The topological polar surface area (TPSA) is 131 Å². The first-order chi connectivity index (χ1) is 18.9. The molecule has 12 heteroatoms. The van der Waals surface area contributed by atoms with Crippen molar-refractivity contribution in [3.63, 3.8) is 0 Å². The molecule has 2 N–H and O–H groups in total. The molecule has 1 saturated carbocycles. The van der Waals surface area contributed by atoms with Gasteiger partial charge in [0.2, 0.25) is 5.88 Å². The lowest BCUT2D eigenvalue weighted by Gasteiger charge is -2.36. The number of nitrogens with zero attached hydrogens (tertiary/aromatic N) is 7. The fourth-order valence-electron chi connectivity index (χ4n) is 5.21. The zero-order valence-electron chi connectivity index (χ0n) is 22.2. The minimum atomic E-state index is -0.609. The monoisotopic (exact) mass is 534 g/mol. The van der Waals surface area contributed by atoms with E-state index in [9.17, 15) is 9.59 Å². The molecule has 12 nitrogen and oxygen atoms in total. The summed E-state index contributed by atoms with van der Waals surface area (Å²) in [6.07, 6.45) is 8.17. The Kier molecular flexibility index (Phi) is 6.81. The number of aromatic nitrogens is 4. The lowest BCUT2D eigenvalue weighted by Crippen LogP contribution is -2.51. The number of carbonyl (C=O) groups excluding carboxylic acids is 2. The summed E-state index contributed by atoms with van der Waals surface area (Å²) in [6, 6.07) is 5.82. The molecule has 3 aliphatic rings. The second-order valence-electron chi connectivity index (χ2n) is 10.8. The molecular weight excluding hydrogens is 500 g/mol. The number of hydrogen-bond donors (Lipinski definition) is 1.